The lowest BCUT2D eigenvalue weighted by molar-refractivity contribution is -0.130. The Morgan fingerprint density at radius 3 is 1.57 bits per heavy atom. The van der Waals surface area contributed by atoms with Crippen LogP contribution in [0.5, 0.6) is 0 Å². The molecular formula is C33H52O4. The molecule has 2 atom stereocenters. The Morgan fingerprint density at radius 1 is 0.649 bits per heavy atom. The van der Waals surface area contributed by atoms with Gasteiger partial charge in [-0.2, -0.15) is 0 Å². The average molecular weight is 513 g/mol. The van der Waals surface area contributed by atoms with Crippen molar-refractivity contribution in [2.45, 2.75) is 141 Å². The van der Waals surface area contributed by atoms with Gasteiger partial charge in [-0.3, -0.25) is 0 Å². The highest BCUT2D eigenvalue weighted by Crippen LogP contribution is 2.13. The zero-order valence-electron chi connectivity index (χ0n) is 23.1. The molecule has 0 spiro atoms. The Labute approximate surface area is 227 Å². The Balaban J connectivity index is 3.35. The number of allylic oxidation sites excluding steroid dienone is 4. The molecule has 0 aliphatic heterocycles. The number of aliphatic hydroxyl groups excluding tert-OH is 2. The minimum Gasteiger partial charge on any atom is -0.472 e. The highest BCUT2D eigenvalue weighted by molar-refractivity contribution is 5.86. The summed E-state index contributed by atoms with van der Waals surface area (Å²) in [6.07, 6.45) is 39.1. The lowest BCUT2D eigenvalue weighted by Crippen LogP contribution is -2.01. The van der Waals surface area contributed by atoms with E-state index in [0.29, 0.717) is 0 Å². The van der Waals surface area contributed by atoms with Gasteiger partial charge in [-0.15, -0.1) is 6.42 Å². The Hall–Kier alpha value is -2.27. The fourth-order valence-electron chi connectivity index (χ4n) is 4.14. The number of aliphatic carboxylic acids is 1. The molecular weight excluding hydrogens is 460 g/mol. The topological polar surface area (TPSA) is 77.8 Å². The number of unbranched alkanes of at least 4 members (excludes halogenated alkanes) is 17. The van der Waals surface area contributed by atoms with Crippen LogP contribution < -0.4 is 0 Å². The second kappa shape index (κ2) is 28.3. The van der Waals surface area contributed by atoms with Gasteiger partial charge in [0, 0.05) is 5.92 Å². The molecule has 0 heterocycles. The third kappa shape index (κ3) is 29.8. The standard InChI is InChI=1S/C33H52O4/c1-2-31(34)27-23-19-15-11-7-4-3-5-8-12-16-20-24-28-32(35)29-25-21-17-13-9-6-10-14-18-22-26-30-33(36)37/h1,18,22-24,27-28,31-32,34-35H,3-17,19-21,25,29H2,(H,36,37)/b22-18?,27-23+,28-24+/t31-,32?/m0/s1. The number of aliphatic hydroxyl groups is 2. The normalized spacial score (nSPS) is 13.1. The largest absolute Gasteiger partial charge is 0.472 e. The Bertz CT molecular complexity index is 717. The number of terminal acetylenes is 1. The lowest BCUT2D eigenvalue weighted by Gasteiger charge is -2.06. The highest BCUT2D eigenvalue weighted by Gasteiger charge is 1.99. The maximum absolute atomic E-state index is 10.2. The quantitative estimate of drug-likeness (QED) is 0.0698. The van der Waals surface area contributed by atoms with Crippen LogP contribution in [0.4, 0.5) is 0 Å². The summed E-state index contributed by atoms with van der Waals surface area (Å²) in [7, 11) is 0. The van der Waals surface area contributed by atoms with Crippen LogP contribution in [0.25, 0.3) is 0 Å². The van der Waals surface area contributed by atoms with Gasteiger partial charge in [-0.25, -0.2) is 4.79 Å². The fourth-order valence-corrected chi connectivity index (χ4v) is 4.14. The van der Waals surface area contributed by atoms with Crippen LogP contribution in [0.2, 0.25) is 0 Å². The zero-order valence-corrected chi connectivity index (χ0v) is 23.1. The van der Waals surface area contributed by atoms with E-state index in [0.717, 1.165) is 38.5 Å². The summed E-state index contributed by atoms with van der Waals surface area (Å²) < 4.78 is 0. The second-order valence-electron chi connectivity index (χ2n) is 9.82. The van der Waals surface area contributed by atoms with Crippen molar-refractivity contribution >= 4 is 5.97 Å². The minimum atomic E-state index is -1.09. The number of carboxylic acid groups (broad SMARTS) is 1. The molecule has 0 aromatic rings. The van der Waals surface area contributed by atoms with Crippen molar-refractivity contribution < 1.29 is 20.1 Å². The summed E-state index contributed by atoms with van der Waals surface area (Å²) >= 11 is 0. The van der Waals surface area contributed by atoms with Crippen LogP contribution in [-0.4, -0.2) is 33.5 Å². The molecule has 0 amide bonds. The molecule has 0 rings (SSSR count). The van der Waals surface area contributed by atoms with E-state index < -0.39 is 12.1 Å². The third-order valence-electron chi connectivity index (χ3n) is 6.34. The SMILES string of the molecule is C#C[C@H](O)/C=C/CCCCCCCCCCC/C=C/C(O)CCCCCCCCCC=CC#CC(=O)O. The summed E-state index contributed by atoms with van der Waals surface area (Å²) in [5, 5.41) is 27.7. The molecule has 0 saturated heterocycles. The summed E-state index contributed by atoms with van der Waals surface area (Å²) in [6.45, 7) is 0. The van der Waals surface area contributed by atoms with E-state index in [1.54, 1.807) is 12.2 Å². The van der Waals surface area contributed by atoms with Gasteiger partial charge < -0.3 is 15.3 Å². The third-order valence-corrected chi connectivity index (χ3v) is 6.34. The first-order valence-corrected chi connectivity index (χ1v) is 14.6. The van der Waals surface area contributed by atoms with Crippen molar-refractivity contribution in [3.63, 3.8) is 0 Å². The highest BCUT2D eigenvalue weighted by atomic mass is 16.4. The summed E-state index contributed by atoms with van der Waals surface area (Å²) in [6, 6.07) is 0. The minimum absolute atomic E-state index is 0.297. The molecule has 0 fully saturated rings. The molecule has 0 aliphatic carbocycles. The smallest absolute Gasteiger partial charge is 0.382 e. The number of carboxylic acids is 1. The molecule has 0 aromatic heterocycles. The number of hydrogen-bond donors (Lipinski definition) is 3. The molecule has 4 heteroatoms. The van der Waals surface area contributed by atoms with Gasteiger partial charge in [0.1, 0.15) is 6.10 Å². The predicted molar refractivity (Wildman–Crippen MR) is 156 cm³/mol. The second-order valence-corrected chi connectivity index (χ2v) is 9.82. The lowest BCUT2D eigenvalue weighted by atomic mass is 10.0. The molecule has 1 unspecified atom stereocenters. The van der Waals surface area contributed by atoms with E-state index in [-0.39, 0.29) is 6.10 Å². The van der Waals surface area contributed by atoms with E-state index in [1.807, 2.05) is 18.2 Å². The first-order chi connectivity index (χ1) is 18.1. The van der Waals surface area contributed by atoms with Crippen molar-refractivity contribution in [3.05, 3.63) is 36.5 Å². The maximum atomic E-state index is 10.2. The number of rotatable bonds is 24. The molecule has 0 aromatic carbocycles. The average Bonchev–Trinajstić information content (AvgIpc) is 2.88. The molecule has 3 N–H and O–H groups in total. The fraction of sp³-hybridized carbons (Fsp3) is 0.667. The monoisotopic (exact) mass is 512 g/mol. The molecule has 0 bridgehead atoms. The Morgan fingerprint density at radius 2 is 1.08 bits per heavy atom. The van der Waals surface area contributed by atoms with Gasteiger partial charge in [0.15, 0.2) is 0 Å². The van der Waals surface area contributed by atoms with Gasteiger partial charge in [-0.05, 0) is 57.1 Å². The first-order valence-electron chi connectivity index (χ1n) is 14.6. The van der Waals surface area contributed by atoms with Crippen LogP contribution >= 0.6 is 0 Å². The summed E-state index contributed by atoms with van der Waals surface area (Å²) in [4.78, 5) is 10.2. The van der Waals surface area contributed by atoms with Gasteiger partial charge in [0.05, 0.1) is 6.10 Å². The molecule has 0 aliphatic rings. The van der Waals surface area contributed by atoms with E-state index in [4.69, 9.17) is 11.5 Å². The maximum Gasteiger partial charge on any atom is 0.382 e. The van der Waals surface area contributed by atoms with Crippen LogP contribution in [0.3, 0.4) is 0 Å². The molecule has 208 valence electrons. The van der Waals surface area contributed by atoms with Crippen molar-refractivity contribution in [2.75, 3.05) is 0 Å². The number of carbonyl (C=O) groups is 1. The predicted octanol–water partition coefficient (Wildman–Crippen LogP) is 7.90. The van der Waals surface area contributed by atoms with E-state index >= 15 is 0 Å². The first kappa shape index (κ1) is 34.7. The summed E-state index contributed by atoms with van der Waals surface area (Å²) in [5.74, 6) is 5.76. The van der Waals surface area contributed by atoms with E-state index in [9.17, 15) is 15.0 Å². The van der Waals surface area contributed by atoms with Gasteiger partial charge >= 0.3 is 5.97 Å². The van der Waals surface area contributed by atoms with Gasteiger partial charge in [0.25, 0.3) is 0 Å². The van der Waals surface area contributed by atoms with E-state index in [2.05, 4.69) is 23.8 Å². The van der Waals surface area contributed by atoms with Gasteiger partial charge in [-0.1, -0.05) is 120 Å². The van der Waals surface area contributed by atoms with Crippen molar-refractivity contribution in [2.24, 2.45) is 0 Å². The number of hydrogen-bond acceptors (Lipinski definition) is 3. The summed E-state index contributed by atoms with van der Waals surface area (Å²) in [5.41, 5.74) is 0. The Kier molecular flexibility index (Phi) is 26.6. The molecule has 0 saturated carbocycles. The molecule has 0 radical (unpaired) electrons. The van der Waals surface area contributed by atoms with Gasteiger partial charge in [0.2, 0.25) is 0 Å². The van der Waals surface area contributed by atoms with Crippen LogP contribution in [0.1, 0.15) is 128 Å². The van der Waals surface area contributed by atoms with Crippen LogP contribution in [0, 0.1) is 24.2 Å². The zero-order chi connectivity index (χ0) is 27.2. The molecule has 37 heavy (non-hydrogen) atoms. The van der Waals surface area contributed by atoms with Crippen molar-refractivity contribution in [3.8, 4) is 24.2 Å². The van der Waals surface area contributed by atoms with E-state index in [1.165, 1.54) is 89.9 Å². The van der Waals surface area contributed by atoms with Crippen LogP contribution in [-0.2, 0) is 4.79 Å². The molecule has 4 nitrogen and oxygen atoms in total. The van der Waals surface area contributed by atoms with Crippen molar-refractivity contribution in [1.82, 2.24) is 0 Å². The van der Waals surface area contributed by atoms with Crippen molar-refractivity contribution in [1.29, 1.82) is 0 Å². The van der Waals surface area contributed by atoms with Crippen LogP contribution in [0.15, 0.2) is 36.5 Å².